The minimum absolute atomic E-state index is 0.340. The second-order valence-electron chi connectivity index (χ2n) is 3.32. The lowest BCUT2D eigenvalue weighted by Gasteiger charge is -1.99. The van der Waals surface area contributed by atoms with E-state index in [0.717, 1.165) is 11.4 Å². The topological polar surface area (TPSA) is 21.6 Å². The van der Waals surface area contributed by atoms with Crippen molar-refractivity contribution in [1.82, 2.24) is 0 Å². The molecule has 0 unspecified atom stereocenters. The van der Waals surface area contributed by atoms with Crippen LogP contribution in [0.15, 0.2) is 53.6 Å². The van der Waals surface area contributed by atoms with Crippen LogP contribution in [-0.2, 0) is 0 Å². The molecule has 0 saturated carbocycles. The fourth-order valence-corrected chi connectivity index (χ4v) is 1.39. The van der Waals surface area contributed by atoms with Gasteiger partial charge >= 0.3 is 0 Å². The smallest absolute Gasteiger partial charge is 0.119 e. The molecule has 2 heteroatoms. The van der Waals surface area contributed by atoms with Crippen LogP contribution in [-0.4, -0.2) is 13.3 Å². The van der Waals surface area contributed by atoms with Gasteiger partial charge in [0, 0.05) is 12.1 Å². The molecule has 76 valence electrons. The van der Waals surface area contributed by atoms with Gasteiger partial charge in [-0.25, -0.2) is 0 Å². The highest BCUT2D eigenvalue weighted by Gasteiger charge is 1.98. The van der Waals surface area contributed by atoms with Crippen LogP contribution in [0, 0.1) is 5.92 Å². The van der Waals surface area contributed by atoms with Crippen molar-refractivity contribution in [2.45, 2.75) is 0 Å². The maximum atomic E-state index is 5.07. The SMILES string of the molecule is COc1ccc(N=CC2C=CC=C2)cc1. The molecule has 0 N–H and O–H groups in total. The number of nitrogens with zero attached hydrogens (tertiary/aromatic N) is 1. The second kappa shape index (κ2) is 4.60. The molecule has 1 aliphatic rings. The highest BCUT2D eigenvalue weighted by Crippen LogP contribution is 2.18. The van der Waals surface area contributed by atoms with Crippen LogP contribution in [0.25, 0.3) is 0 Å². The van der Waals surface area contributed by atoms with Gasteiger partial charge in [0.05, 0.1) is 12.8 Å². The number of ether oxygens (including phenoxy) is 1. The van der Waals surface area contributed by atoms with E-state index in [1.807, 2.05) is 42.6 Å². The first-order chi connectivity index (χ1) is 7.38. The summed E-state index contributed by atoms with van der Waals surface area (Å²) >= 11 is 0. The number of allylic oxidation sites excluding steroid dienone is 4. The van der Waals surface area contributed by atoms with E-state index >= 15 is 0 Å². The molecular formula is C13H13NO. The molecule has 0 saturated heterocycles. The van der Waals surface area contributed by atoms with Gasteiger partial charge in [0.1, 0.15) is 5.75 Å². The van der Waals surface area contributed by atoms with Gasteiger partial charge in [-0.3, -0.25) is 4.99 Å². The Hall–Kier alpha value is -1.83. The lowest BCUT2D eigenvalue weighted by Crippen LogP contribution is -1.88. The van der Waals surface area contributed by atoms with Crippen molar-refractivity contribution in [2.75, 3.05) is 7.11 Å². The fourth-order valence-electron chi connectivity index (χ4n) is 1.39. The quantitative estimate of drug-likeness (QED) is 0.685. The van der Waals surface area contributed by atoms with Gasteiger partial charge in [-0.1, -0.05) is 24.3 Å². The summed E-state index contributed by atoms with van der Waals surface area (Å²) in [7, 11) is 1.66. The highest BCUT2D eigenvalue weighted by molar-refractivity contribution is 5.71. The van der Waals surface area contributed by atoms with E-state index in [1.54, 1.807) is 7.11 Å². The molecule has 2 nitrogen and oxygen atoms in total. The van der Waals surface area contributed by atoms with Crippen LogP contribution in [0.3, 0.4) is 0 Å². The Morgan fingerprint density at radius 3 is 2.40 bits per heavy atom. The summed E-state index contributed by atoms with van der Waals surface area (Å²) in [6, 6.07) is 7.70. The zero-order valence-corrected chi connectivity index (χ0v) is 8.63. The Labute approximate surface area is 89.6 Å². The van der Waals surface area contributed by atoms with Gasteiger partial charge in [0.25, 0.3) is 0 Å². The summed E-state index contributed by atoms with van der Waals surface area (Å²) in [4.78, 5) is 4.38. The van der Waals surface area contributed by atoms with Gasteiger partial charge < -0.3 is 4.74 Å². The summed E-state index contributed by atoms with van der Waals surface area (Å²) < 4.78 is 5.07. The van der Waals surface area contributed by atoms with Crippen molar-refractivity contribution in [3.63, 3.8) is 0 Å². The minimum Gasteiger partial charge on any atom is -0.497 e. The largest absolute Gasteiger partial charge is 0.497 e. The predicted molar refractivity (Wildman–Crippen MR) is 62.9 cm³/mol. The Balaban J connectivity index is 2.04. The number of rotatable bonds is 3. The average molecular weight is 199 g/mol. The van der Waals surface area contributed by atoms with E-state index in [2.05, 4.69) is 17.1 Å². The normalized spacial score (nSPS) is 15.3. The molecule has 0 bridgehead atoms. The van der Waals surface area contributed by atoms with Crippen LogP contribution in [0.2, 0.25) is 0 Å². The van der Waals surface area contributed by atoms with Crippen LogP contribution in [0.1, 0.15) is 0 Å². The van der Waals surface area contributed by atoms with Crippen molar-refractivity contribution < 1.29 is 4.74 Å². The molecule has 0 fully saturated rings. The van der Waals surface area contributed by atoms with Crippen LogP contribution >= 0.6 is 0 Å². The molecule has 1 aromatic carbocycles. The summed E-state index contributed by atoms with van der Waals surface area (Å²) in [6.07, 6.45) is 10.2. The molecule has 1 aliphatic carbocycles. The fraction of sp³-hybridized carbons (Fsp3) is 0.154. The van der Waals surface area contributed by atoms with Crippen molar-refractivity contribution >= 4 is 11.9 Å². The number of methoxy groups -OCH3 is 1. The Morgan fingerprint density at radius 1 is 1.13 bits per heavy atom. The van der Waals surface area contributed by atoms with Crippen molar-refractivity contribution in [3.05, 3.63) is 48.6 Å². The molecule has 0 atom stereocenters. The van der Waals surface area contributed by atoms with Crippen LogP contribution in [0.4, 0.5) is 5.69 Å². The summed E-state index contributed by atoms with van der Waals surface area (Å²) in [5.74, 6) is 1.20. The molecule has 1 aromatic rings. The van der Waals surface area contributed by atoms with Gasteiger partial charge in [-0.15, -0.1) is 0 Å². The molecule has 0 aromatic heterocycles. The predicted octanol–water partition coefficient (Wildman–Crippen LogP) is 3.14. The van der Waals surface area contributed by atoms with Crippen molar-refractivity contribution in [3.8, 4) is 5.75 Å². The number of benzene rings is 1. The zero-order valence-electron chi connectivity index (χ0n) is 8.63. The maximum absolute atomic E-state index is 5.07. The first-order valence-corrected chi connectivity index (χ1v) is 4.92. The van der Waals surface area contributed by atoms with Crippen molar-refractivity contribution in [1.29, 1.82) is 0 Å². The molecule has 0 spiro atoms. The van der Waals surface area contributed by atoms with E-state index in [-0.39, 0.29) is 0 Å². The Bertz CT molecular complexity index is 389. The molecule has 0 amide bonds. The highest BCUT2D eigenvalue weighted by atomic mass is 16.5. The number of hydrogen-bond acceptors (Lipinski definition) is 2. The Morgan fingerprint density at radius 2 is 1.80 bits per heavy atom. The summed E-state index contributed by atoms with van der Waals surface area (Å²) in [6.45, 7) is 0. The summed E-state index contributed by atoms with van der Waals surface area (Å²) in [5.41, 5.74) is 0.949. The zero-order chi connectivity index (χ0) is 10.5. The average Bonchev–Trinajstić information content (AvgIpc) is 2.80. The maximum Gasteiger partial charge on any atom is 0.119 e. The lowest BCUT2D eigenvalue weighted by atomic mass is 10.2. The van der Waals surface area contributed by atoms with E-state index in [9.17, 15) is 0 Å². The third-order valence-corrected chi connectivity index (χ3v) is 2.25. The van der Waals surface area contributed by atoms with E-state index in [4.69, 9.17) is 4.74 Å². The molecular weight excluding hydrogens is 186 g/mol. The standard InChI is InChI=1S/C13H13NO/c1-15-13-8-6-12(7-9-13)14-10-11-4-2-3-5-11/h2-11H,1H3. The third-order valence-electron chi connectivity index (χ3n) is 2.25. The van der Waals surface area contributed by atoms with Gasteiger partial charge in [-0.05, 0) is 24.3 Å². The molecule has 0 heterocycles. The second-order valence-corrected chi connectivity index (χ2v) is 3.32. The Kier molecular flexibility index (Phi) is 2.98. The third kappa shape index (κ3) is 2.56. The number of aliphatic imine (C=N–C) groups is 1. The van der Waals surface area contributed by atoms with E-state index in [1.165, 1.54) is 0 Å². The van der Waals surface area contributed by atoms with Crippen molar-refractivity contribution in [2.24, 2.45) is 10.9 Å². The minimum atomic E-state index is 0.340. The van der Waals surface area contributed by atoms with Gasteiger partial charge in [-0.2, -0.15) is 0 Å². The number of hydrogen-bond donors (Lipinski definition) is 0. The first-order valence-electron chi connectivity index (χ1n) is 4.92. The molecule has 2 rings (SSSR count). The van der Waals surface area contributed by atoms with Gasteiger partial charge in [0.2, 0.25) is 0 Å². The van der Waals surface area contributed by atoms with E-state index in [0.29, 0.717) is 5.92 Å². The van der Waals surface area contributed by atoms with Crippen LogP contribution < -0.4 is 4.74 Å². The first kappa shape index (κ1) is 9.71. The summed E-state index contributed by atoms with van der Waals surface area (Å²) in [5, 5.41) is 0. The van der Waals surface area contributed by atoms with Gasteiger partial charge in [0.15, 0.2) is 0 Å². The molecule has 15 heavy (non-hydrogen) atoms. The molecule has 0 aliphatic heterocycles. The van der Waals surface area contributed by atoms with E-state index < -0.39 is 0 Å². The molecule has 0 radical (unpaired) electrons. The van der Waals surface area contributed by atoms with Crippen LogP contribution in [0.5, 0.6) is 5.75 Å². The monoisotopic (exact) mass is 199 g/mol. The lowest BCUT2D eigenvalue weighted by molar-refractivity contribution is 0.415.